The number of carboxylic acid groups (broad SMARTS) is 1. The number of carboxylic acids is 1. The van der Waals surface area contributed by atoms with E-state index in [9.17, 15) is 14.7 Å². The van der Waals surface area contributed by atoms with Crippen LogP contribution in [0.25, 0.3) is 10.8 Å². The van der Waals surface area contributed by atoms with E-state index >= 15 is 0 Å². The molecule has 0 fully saturated rings. The van der Waals surface area contributed by atoms with Crippen molar-refractivity contribution >= 4 is 22.7 Å². The van der Waals surface area contributed by atoms with Crippen LogP contribution in [0.1, 0.15) is 38.7 Å². The second-order valence-corrected chi connectivity index (χ2v) is 8.50. The molecule has 4 nitrogen and oxygen atoms in total. The van der Waals surface area contributed by atoms with Crippen molar-refractivity contribution in [2.24, 2.45) is 11.8 Å². The molecule has 0 saturated heterocycles. The first-order valence-corrected chi connectivity index (χ1v) is 10.4. The van der Waals surface area contributed by atoms with Crippen LogP contribution < -0.4 is 4.74 Å². The van der Waals surface area contributed by atoms with Crippen molar-refractivity contribution < 1.29 is 19.4 Å². The minimum absolute atomic E-state index is 0.316. The number of hydrogen-bond donors (Lipinski definition) is 1. The minimum Gasteiger partial charge on any atom is -0.481 e. The molecule has 0 spiro atoms. The maximum Gasteiger partial charge on any atom is 0.339 e. The zero-order chi connectivity index (χ0) is 21.3. The Morgan fingerprint density at radius 2 is 1.90 bits per heavy atom. The third kappa shape index (κ3) is 3.58. The zero-order valence-electron chi connectivity index (χ0n) is 17.3. The smallest absolute Gasteiger partial charge is 0.339 e. The third-order valence-electron chi connectivity index (χ3n) is 6.35. The highest BCUT2D eigenvalue weighted by Crippen LogP contribution is 2.43. The average Bonchev–Trinajstić information content (AvgIpc) is 2.74. The molecule has 4 heteroatoms. The predicted molar refractivity (Wildman–Crippen MR) is 117 cm³/mol. The molecule has 0 saturated carbocycles. The predicted octanol–water partition coefficient (Wildman–Crippen LogP) is 5.58. The Morgan fingerprint density at radius 1 is 1.13 bits per heavy atom. The van der Waals surface area contributed by atoms with E-state index in [4.69, 9.17) is 4.74 Å². The highest BCUT2D eigenvalue weighted by Gasteiger charge is 2.39. The monoisotopic (exact) mass is 402 g/mol. The van der Waals surface area contributed by atoms with E-state index in [0.717, 1.165) is 41.2 Å². The summed E-state index contributed by atoms with van der Waals surface area (Å²) in [5, 5.41) is 11.5. The van der Waals surface area contributed by atoms with Crippen LogP contribution >= 0.6 is 0 Å². The number of carbonyl (C=O) groups excluding carboxylic acids is 1. The van der Waals surface area contributed by atoms with Crippen molar-refractivity contribution in [1.29, 1.82) is 0 Å². The van der Waals surface area contributed by atoms with Gasteiger partial charge in [0, 0.05) is 16.4 Å². The van der Waals surface area contributed by atoms with E-state index in [-0.39, 0.29) is 5.97 Å². The van der Waals surface area contributed by atoms with E-state index in [2.05, 4.69) is 6.92 Å². The van der Waals surface area contributed by atoms with Crippen molar-refractivity contribution in [2.75, 3.05) is 0 Å². The molecular formula is C26H26O4. The summed E-state index contributed by atoms with van der Waals surface area (Å²) in [5.74, 6) is -0.848. The van der Waals surface area contributed by atoms with Crippen LogP contribution in [0.15, 0.2) is 72.4 Å². The van der Waals surface area contributed by atoms with Crippen LogP contribution in [0.3, 0.4) is 0 Å². The molecule has 2 aromatic rings. The van der Waals surface area contributed by atoms with Crippen molar-refractivity contribution in [2.45, 2.75) is 38.5 Å². The number of aliphatic carboxylic acids is 1. The van der Waals surface area contributed by atoms with Gasteiger partial charge in [-0.05, 0) is 42.2 Å². The van der Waals surface area contributed by atoms with Gasteiger partial charge in [-0.2, -0.15) is 0 Å². The lowest BCUT2D eigenvalue weighted by molar-refractivity contribution is -0.141. The van der Waals surface area contributed by atoms with Crippen molar-refractivity contribution in [1.82, 2.24) is 0 Å². The molecule has 2 aliphatic rings. The zero-order valence-corrected chi connectivity index (χ0v) is 17.3. The van der Waals surface area contributed by atoms with E-state index in [1.54, 1.807) is 18.2 Å². The SMILES string of the molecule is CC1CC=C(C(=O)Oc2cccc3cccc(C4(C)C=CC=CC4C(=O)O)c23)CC1. The topological polar surface area (TPSA) is 63.6 Å². The number of hydrogen-bond acceptors (Lipinski definition) is 3. The van der Waals surface area contributed by atoms with Gasteiger partial charge < -0.3 is 9.84 Å². The molecule has 2 aliphatic carbocycles. The Balaban J connectivity index is 1.80. The first-order valence-electron chi connectivity index (χ1n) is 10.4. The van der Waals surface area contributed by atoms with Gasteiger partial charge in [0.05, 0.1) is 5.92 Å². The molecule has 3 unspecified atom stereocenters. The van der Waals surface area contributed by atoms with Gasteiger partial charge in [0.2, 0.25) is 0 Å². The highest BCUT2D eigenvalue weighted by molar-refractivity contribution is 5.97. The summed E-state index contributed by atoms with van der Waals surface area (Å²) in [6, 6.07) is 11.4. The minimum atomic E-state index is -0.883. The second kappa shape index (κ2) is 7.94. The van der Waals surface area contributed by atoms with Crippen molar-refractivity contribution in [3.63, 3.8) is 0 Å². The molecule has 154 valence electrons. The van der Waals surface area contributed by atoms with E-state index in [0.29, 0.717) is 11.7 Å². The van der Waals surface area contributed by atoms with Crippen LogP contribution in [0, 0.1) is 11.8 Å². The number of rotatable bonds is 4. The molecule has 0 heterocycles. The van der Waals surface area contributed by atoms with Gasteiger partial charge in [-0.25, -0.2) is 4.79 Å². The van der Waals surface area contributed by atoms with Gasteiger partial charge in [-0.1, -0.05) is 74.6 Å². The van der Waals surface area contributed by atoms with E-state index in [1.807, 2.05) is 55.5 Å². The van der Waals surface area contributed by atoms with Crippen LogP contribution in [-0.4, -0.2) is 17.0 Å². The largest absolute Gasteiger partial charge is 0.481 e. The van der Waals surface area contributed by atoms with E-state index in [1.165, 1.54) is 0 Å². The number of esters is 1. The van der Waals surface area contributed by atoms with Crippen LogP contribution in [-0.2, 0) is 15.0 Å². The number of ether oxygens (including phenoxy) is 1. The fourth-order valence-corrected chi connectivity index (χ4v) is 4.49. The number of allylic oxidation sites excluding steroid dienone is 4. The van der Waals surface area contributed by atoms with Crippen molar-refractivity contribution in [3.8, 4) is 5.75 Å². The molecule has 0 radical (unpaired) electrons. The summed E-state index contributed by atoms with van der Waals surface area (Å²) in [6.45, 7) is 4.10. The number of carbonyl (C=O) groups is 2. The third-order valence-corrected chi connectivity index (χ3v) is 6.35. The quantitative estimate of drug-likeness (QED) is 0.536. The number of fused-ring (bicyclic) bond motifs is 1. The van der Waals surface area contributed by atoms with Gasteiger partial charge in [-0.3, -0.25) is 4.79 Å². The maximum atomic E-state index is 12.8. The van der Waals surface area contributed by atoms with Gasteiger partial charge >= 0.3 is 11.9 Å². The highest BCUT2D eigenvalue weighted by atomic mass is 16.5. The van der Waals surface area contributed by atoms with Crippen molar-refractivity contribution in [3.05, 3.63) is 77.9 Å². The van der Waals surface area contributed by atoms with Crippen LogP contribution in [0.5, 0.6) is 5.75 Å². The Labute approximate surface area is 176 Å². The molecule has 2 aromatic carbocycles. The molecule has 30 heavy (non-hydrogen) atoms. The van der Waals surface area contributed by atoms with Gasteiger partial charge in [0.1, 0.15) is 5.75 Å². The summed E-state index contributed by atoms with van der Waals surface area (Å²) in [5.41, 5.74) is 0.794. The molecular weight excluding hydrogens is 376 g/mol. The molecule has 3 atom stereocenters. The molecule has 0 aromatic heterocycles. The molecule has 4 rings (SSSR count). The standard InChI is InChI=1S/C26H26O4/c1-17-12-14-19(15-13-17)25(29)30-22-11-6-8-18-7-5-10-20(23(18)22)26(2)16-4-3-9-21(26)24(27)28/h3-11,14,16-17,21H,12-13,15H2,1-2H3,(H,27,28). The summed E-state index contributed by atoms with van der Waals surface area (Å²) in [6.07, 6.45) is 11.9. The van der Waals surface area contributed by atoms with Gasteiger partial charge in [0.25, 0.3) is 0 Å². The van der Waals surface area contributed by atoms with Crippen LogP contribution in [0.4, 0.5) is 0 Å². The fourth-order valence-electron chi connectivity index (χ4n) is 4.49. The maximum absolute atomic E-state index is 12.8. The average molecular weight is 402 g/mol. The fraction of sp³-hybridized carbons (Fsp3) is 0.308. The van der Waals surface area contributed by atoms with Crippen LogP contribution in [0.2, 0.25) is 0 Å². The lowest BCUT2D eigenvalue weighted by Gasteiger charge is -2.34. The Kier molecular flexibility index (Phi) is 5.33. The Bertz CT molecular complexity index is 1090. The lowest BCUT2D eigenvalue weighted by atomic mass is 9.68. The Hall–Kier alpha value is -3.14. The van der Waals surface area contributed by atoms with Gasteiger partial charge in [0.15, 0.2) is 0 Å². The summed E-state index contributed by atoms with van der Waals surface area (Å²) in [7, 11) is 0. The number of benzene rings is 2. The summed E-state index contributed by atoms with van der Waals surface area (Å²) in [4.78, 5) is 24.8. The summed E-state index contributed by atoms with van der Waals surface area (Å²) < 4.78 is 5.88. The first-order chi connectivity index (χ1) is 14.4. The molecule has 1 N–H and O–H groups in total. The Morgan fingerprint density at radius 3 is 2.60 bits per heavy atom. The summed E-state index contributed by atoms with van der Waals surface area (Å²) >= 11 is 0. The lowest BCUT2D eigenvalue weighted by Crippen LogP contribution is -2.36. The second-order valence-electron chi connectivity index (χ2n) is 8.50. The molecule has 0 bridgehead atoms. The van der Waals surface area contributed by atoms with E-state index < -0.39 is 17.3 Å². The normalized spacial score (nSPS) is 25.7. The first kappa shape index (κ1) is 20.1. The molecule has 0 aliphatic heterocycles. The van der Waals surface area contributed by atoms with Gasteiger partial charge in [-0.15, -0.1) is 0 Å². The molecule has 0 amide bonds.